The summed E-state index contributed by atoms with van der Waals surface area (Å²) < 4.78 is 21.6. The summed E-state index contributed by atoms with van der Waals surface area (Å²) in [5.74, 6) is 2.86. The van der Waals surface area contributed by atoms with Gasteiger partial charge in [0.1, 0.15) is 11.5 Å². The number of aryl methyl sites for hydroxylation is 1. The molecule has 132 valence electrons. The van der Waals surface area contributed by atoms with Gasteiger partial charge in [-0.2, -0.15) is 5.26 Å². The van der Waals surface area contributed by atoms with E-state index in [-0.39, 0.29) is 0 Å². The first kappa shape index (κ1) is 18.5. The summed E-state index contributed by atoms with van der Waals surface area (Å²) >= 11 is 0. The summed E-state index contributed by atoms with van der Waals surface area (Å²) in [5, 5.41) is 9.10. The monoisotopic (exact) mass is 341 g/mol. The van der Waals surface area contributed by atoms with E-state index < -0.39 is 0 Å². The quantitative estimate of drug-likeness (QED) is 0.734. The second-order valence-electron chi connectivity index (χ2n) is 5.49. The lowest BCUT2D eigenvalue weighted by Gasteiger charge is -2.16. The molecule has 0 aliphatic carbocycles. The molecule has 0 spiro atoms. The van der Waals surface area contributed by atoms with Crippen LogP contribution in [0.2, 0.25) is 0 Å². The summed E-state index contributed by atoms with van der Waals surface area (Å²) in [6.45, 7) is 0. The normalized spacial score (nSPS) is 10.0. The second kappa shape index (κ2) is 8.84. The van der Waals surface area contributed by atoms with Gasteiger partial charge in [-0.3, -0.25) is 0 Å². The zero-order valence-electron chi connectivity index (χ0n) is 15.1. The summed E-state index contributed by atoms with van der Waals surface area (Å²) in [7, 11) is 6.49. The van der Waals surface area contributed by atoms with Gasteiger partial charge in [-0.15, -0.1) is 0 Å². The Morgan fingerprint density at radius 1 is 0.840 bits per heavy atom. The molecule has 5 heteroatoms. The van der Waals surface area contributed by atoms with Crippen LogP contribution in [0.15, 0.2) is 30.3 Å². The van der Waals surface area contributed by atoms with Gasteiger partial charge in [-0.05, 0) is 42.2 Å². The molecule has 0 bridgehead atoms. The molecular weight excluding hydrogens is 318 g/mol. The first-order valence-corrected chi connectivity index (χ1v) is 7.98. The third-order valence-electron chi connectivity index (χ3n) is 4.09. The minimum Gasteiger partial charge on any atom is -0.497 e. The number of hydrogen-bond donors (Lipinski definition) is 0. The molecule has 0 amide bonds. The van der Waals surface area contributed by atoms with E-state index in [1.807, 2.05) is 30.3 Å². The van der Waals surface area contributed by atoms with Gasteiger partial charge in [-0.25, -0.2) is 0 Å². The van der Waals surface area contributed by atoms with Crippen molar-refractivity contribution >= 4 is 0 Å². The van der Waals surface area contributed by atoms with Gasteiger partial charge in [0.2, 0.25) is 0 Å². The largest absolute Gasteiger partial charge is 0.497 e. The van der Waals surface area contributed by atoms with E-state index in [0.717, 1.165) is 34.6 Å². The average molecular weight is 341 g/mol. The minimum atomic E-state index is 0.330. The molecule has 0 saturated carbocycles. The van der Waals surface area contributed by atoms with Crippen molar-refractivity contribution < 1.29 is 18.9 Å². The number of rotatable bonds is 8. The highest BCUT2D eigenvalue weighted by Gasteiger charge is 2.15. The molecule has 0 fully saturated rings. The lowest BCUT2D eigenvalue weighted by Crippen LogP contribution is -2.03. The predicted molar refractivity (Wildman–Crippen MR) is 95.8 cm³/mol. The van der Waals surface area contributed by atoms with Crippen molar-refractivity contribution in [3.63, 3.8) is 0 Å². The highest BCUT2D eigenvalue weighted by Crippen LogP contribution is 2.35. The fourth-order valence-corrected chi connectivity index (χ4v) is 2.84. The smallest absolute Gasteiger partial charge is 0.164 e. The van der Waals surface area contributed by atoms with E-state index in [1.54, 1.807) is 28.4 Å². The number of ether oxygens (including phenoxy) is 4. The molecule has 2 rings (SSSR count). The van der Waals surface area contributed by atoms with Crippen molar-refractivity contribution in [1.29, 1.82) is 5.26 Å². The Bertz CT molecular complexity index is 743. The molecule has 0 aliphatic rings. The van der Waals surface area contributed by atoms with Gasteiger partial charge in [0.05, 0.1) is 40.9 Å². The van der Waals surface area contributed by atoms with E-state index in [2.05, 4.69) is 6.07 Å². The van der Waals surface area contributed by atoms with Crippen LogP contribution >= 0.6 is 0 Å². The molecule has 2 aromatic carbocycles. The third kappa shape index (κ3) is 4.36. The zero-order chi connectivity index (χ0) is 18.2. The van der Waals surface area contributed by atoms with Crippen molar-refractivity contribution in [2.75, 3.05) is 28.4 Å². The van der Waals surface area contributed by atoms with E-state index >= 15 is 0 Å². The van der Waals surface area contributed by atoms with E-state index in [1.165, 1.54) is 0 Å². The Balaban J connectivity index is 2.35. The maximum Gasteiger partial charge on any atom is 0.164 e. The SMILES string of the molecule is COc1cc(CCc2c(CC#N)ccc(OC)c2OC)cc(OC)c1. The van der Waals surface area contributed by atoms with Crippen molar-refractivity contribution in [3.05, 3.63) is 47.0 Å². The van der Waals surface area contributed by atoms with Gasteiger partial charge in [0, 0.05) is 11.6 Å². The molecule has 25 heavy (non-hydrogen) atoms. The first-order valence-electron chi connectivity index (χ1n) is 7.98. The standard InChI is InChI=1S/C20H23NO4/c1-22-16-11-14(12-17(13-16)23-2)5-7-18-15(9-10-21)6-8-19(24-3)20(18)25-4/h6,8,11-13H,5,7,9H2,1-4H3. The molecule has 5 nitrogen and oxygen atoms in total. The number of benzene rings is 2. The van der Waals surface area contributed by atoms with E-state index in [9.17, 15) is 0 Å². The second-order valence-corrected chi connectivity index (χ2v) is 5.49. The van der Waals surface area contributed by atoms with Gasteiger partial charge in [-0.1, -0.05) is 6.07 Å². The Kier molecular flexibility index (Phi) is 6.53. The summed E-state index contributed by atoms with van der Waals surface area (Å²) in [4.78, 5) is 0. The van der Waals surface area contributed by atoms with Gasteiger partial charge in [0.15, 0.2) is 11.5 Å². The highest BCUT2D eigenvalue weighted by atomic mass is 16.5. The molecular formula is C20H23NO4. The third-order valence-corrected chi connectivity index (χ3v) is 4.09. The van der Waals surface area contributed by atoms with Gasteiger partial charge in [0.25, 0.3) is 0 Å². The van der Waals surface area contributed by atoms with E-state index in [0.29, 0.717) is 24.3 Å². The summed E-state index contributed by atoms with van der Waals surface area (Å²) in [6, 6.07) is 11.8. The molecule has 0 unspecified atom stereocenters. The lowest BCUT2D eigenvalue weighted by molar-refractivity contribution is 0.351. The number of nitriles is 1. The van der Waals surface area contributed by atoms with Gasteiger partial charge >= 0.3 is 0 Å². The Morgan fingerprint density at radius 2 is 1.52 bits per heavy atom. The fourth-order valence-electron chi connectivity index (χ4n) is 2.84. The van der Waals surface area contributed by atoms with Crippen LogP contribution in [0.4, 0.5) is 0 Å². The van der Waals surface area contributed by atoms with Crippen LogP contribution in [-0.2, 0) is 19.3 Å². The fraction of sp³-hybridized carbons (Fsp3) is 0.350. The summed E-state index contributed by atoms with van der Waals surface area (Å²) in [5.41, 5.74) is 3.03. The van der Waals surface area contributed by atoms with Crippen LogP contribution < -0.4 is 18.9 Å². The molecule has 0 N–H and O–H groups in total. The van der Waals surface area contributed by atoms with Gasteiger partial charge < -0.3 is 18.9 Å². The minimum absolute atomic E-state index is 0.330. The van der Waals surface area contributed by atoms with Crippen LogP contribution in [0, 0.1) is 11.3 Å². The highest BCUT2D eigenvalue weighted by molar-refractivity contribution is 5.52. The van der Waals surface area contributed by atoms with Crippen molar-refractivity contribution in [1.82, 2.24) is 0 Å². The number of methoxy groups -OCH3 is 4. The topological polar surface area (TPSA) is 60.7 Å². The number of hydrogen-bond acceptors (Lipinski definition) is 5. The van der Waals surface area contributed by atoms with Crippen molar-refractivity contribution in [3.8, 4) is 29.1 Å². The zero-order valence-corrected chi connectivity index (χ0v) is 15.1. The molecule has 0 atom stereocenters. The van der Waals surface area contributed by atoms with Crippen LogP contribution in [0.1, 0.15) is 16.7 Å². The molecule has 0 heterocycles. The average Bonchev–Trinajstić information content (AvgIpc) is 2.66. The first-order chi connectivity index (χ1) is 12.2. The molecule has 0 radical (unpaired) electrons. The Hall–Kier alpha value is -2.87. The summed E-state index contributed by atoms with van der Waals surface area (Å²) in [6.07, 6.45) is 1.81. The van der Waals surface area contributed by atoms with Crippen LogP contribution in [-0.4, -0.2) is 28.4 Å². The molecule has 0 aromatic heterocycles. The van der Waals surface area contributed by atoms with E-state index in [4.69, 9.17) is 24.2 Å². The predicted octanol–water partition coefficient (Wildman–Crippen LogP) is 3.57. The lowest BCUT2D eigenvalue weighted by atomic mass is 9.96. The number of nitrogens with zero attached hydrogens (tertiary/aromatic N) is 1. The molecule has 0 aliphatic heterocycles. The maximum atomic E-state index is 9.10. The van der Waals surface area contributed by atoms with Crippen molar-refractivity contribution in [2.45, 2.75) is 19.3 Å². The van der Waals surface area contributed by atoms with Crippen LogP contribution in [0.25, 0.3) is 0 Å². The van der Waals surface area contributed by atoms with Crippen LogP contribution in [0.3, 0.4) is 0 Å². The Labute approximate surface area is 148 Å². The molecule has 0 saturated heterocycles. The Morgan fingerprint density at radius 3 is 2.04 bits per heavy atom. The van der Waals surface area contributed by atoms with Crippen molar-refractivity contribution in [2.24, 2.45) is 0 Å². The molecule has 2 aromatic rings. The van der Waals surface area contributed by atoms with Crippen LogP contribution in [0.5, 0.6) is 23.0 Å². The maximum absolute atomic E-state index is 9.10.